The number of rotatable bonds is 9. The van der Waals surface area contributed by atoms with Crippen molar-refractivity contribution in [3.63, 3.8) is 0 Å². The van der Waals surface area contributed by atoms with Gasteiger partial charge in [-0.1, -0.05) is 0 Å². The van der Waals surface area contributed by atoms with Gasteiger partial charge in [0, 0.05) is 18.7 Å². The second kappa shape index (κ2) is 8.72. The topological polar surface area (TPSA) is 113 Å². The van der Waals surface area contributed by atoms with E-state index >= 15 is 0 Å². The Morgan fingerprint density at radius 3 is 2.50 bits per heavy atom. The third-order valence-electron chi connectivity index (χ3n) is 3.72. The first-order valence-electron chi connectivity index (χ1n) is 8.25. The molecule has 0 saturated carbocycles. The molecule has 0 fully saturated rings. The molecule has 0 aliphatic rings. The molecule has 1 N–H and O–H groups in total. The Kier molecular flexibility index (Phi) is 6.12. The average molecular weight is 405 g/mol. The predicted octanol–water partition coefficient (Wildman–Crippen LogP) is 2.11. The quantitative estimate of drug-likeness (QED) is 0.539. The molecular weight excluding hydrogens is 386 g/mol. The highest BCUT2D eigenvalue weighted by molar-refractivity contribution is 7.89. The van der Waals surface area contributed by atoms with Crippen molar-refractivity contribution in [2.75, 3.05) is 27.4 Å². The Hall–Kier alpha value is -3.11. The fourth-order valence-corrected chi connectivity index (χ4v) is 3.38. The van der Waals surface area contributed by atoms with Crippen LogP contribution in [0.4, 0.5) is 0 Å². The molecule has 2 heterocycles. The van der Waals surface area contributed by atoms with E-state index in [2.05, 4.69) is 14.9 Å². The zero-order valence-corrected chi connectivity index (χ0v) is 16.1. The first kappa shape index (κ1) is 19.6. The number of ether oxygens (including phenoxy) is 3. The van der Waals surface area contributed by atoms with Crippen LogP contribution in [-0.2, 0) is 10.0 Å². The van der Waals surface area contributed by atoms with E-state index in [1.54, 1.807) is 30.5 Å². The summed E-state index contributed by atoms with van der Waals surface area (Å²) >= 11 is 0. The molecule has 0 spiro atoms. The maximum Gasteiger partial charge on any atom is 0.240 e. The van der Waals surface area contributed by atoms with E-state index in [9.17, 15) is 8.42 Å². The van der Waals surface area contributed by atoms with E-state index < -0.39 is 10.0 Å². The summed E-state index contributed by atoms with van der Waals surface area (Å²) in [6.45, 7) is 0.138. The maximum absolute atomic E-state index is 12.4. The summed E-state index contributed by atoms with van der Waals surface area (Å²) in [7, 11) is -0.807. The molecule has 0 aliphatic heterocycles. The molecule has 28 heavy (non-hydrogen) atoms. The van der Waals surface area contributed by atoms with E-state index in [1.165, 1.54) is 32.4 Å². The molecule has 3 rings (SSSR count). The van der Waals surface area contributed by atoms with Gasteiger partial charge < -0.3 is 18.6 Å². The number of furan rings is 1. The number of methoxy groups -OCH3 is 2. The highest BCUT2D eigenvalue weighted by Crippen LogP contribution is 2.29. The van der Waals surface area contributed by atoms with Crippen molar-refractivity contribution < 1.29 is 27.0 Å². The smallest absolute Gasteiger partial charge is 0.240 e. The first-order valence-corrected chi connectivity index (χ1v) is 9.74. The normalized spacial score (nSPS) is 11.2. The largest absolute Gasteiger partial charge is 0.493 e. The van der Waals surface area contributed by atoms with Gasteiger partial charge >= 0.3 is 0 Å². The van der Waals surface area contributed by atoms with Crippen molar-refractivity contribution in [2.45, 2.75) is 4.90 Å². The lowest BCUT2D eigenvalue weighted by Gasteiger charge is -2.11. The van der Waals surface area contributed by atoms with Gasteiger partial charge in [-0.15, -0.1) is 10.2 Å². The lowest BCUT2D eigenvalue weighted by Crippen LogP contribution is -2.28. The number of aromatic nitrogens is 2. The minimum absolute atomic E-state index is 0.0539. The zero-order valence-electron chi connectivity index (χ0n) is 15.3. The molecule has 0 amide bonds. The molecule has 3 aromatic rings. The van der Waals surface area contributed by atoms with E-state index in [1.807, 2.05) is 0 Å². The second-order valence-corrected chi connectivity index (χ2v) is 7.26. The fourth-order valence-electron chi connectivity index (χ4n) is 2.35. The van der Waals surface area contributed by atoms with Crippen molar-refractivity contribution in [3.8, 4) is 28.8 Å². The van der Waals surface area contributed by atoms with Gasteiger partial charge in [-0.3, -0.25) is 0 Å². The predicted molar refractivity (Wildman–Crippen MR) is 100.0 cm³/mol. The van der Waals surface area contributed by atoms with Crippen LogP contribution in [0.25, 0.3) is 11.5 Å². The van der Waals surface area contributed by atoms with Crippen molar-refractivity contribution in [2.24, 2.45) is 0 Å². The molecule has 0 aliphatic carbocycles. The Morgan fingerprint density at radius 2 is 1.86 bits per heavy atom. The van der Waals surface area contributed by atoms with Crippen LogP contribution < -0.4 is 18.9 Å². The van der Waals surface area contributed by atoms with Crippen LogP contribution in [-0.4, -0.2) is 46.0 Å². The van der Waals surface area contributed by atoms with E-state index in [0.717, 1.165) is 0 Å². The van der Waals surface area contributed by atoms with Gasteiger partial charge in [0.25, 0.3) is 0 Å². The Morgan fingerprint density at radius 1 is 1.04 bits per heavy atom. The number of hydrogen-bond donors (Lipinski definition) is 1. The van der Waals surface area contributed by atoms with E-state index in [-0.39, 0.29) is 23.9 Å². The van der Waals surface area contributed by atoms with Crippen molar-refractivity contribution in [1.82, 2.24) is 14.9 Å². The summed E-state index contributed by atoms with van der Waals surface area (Å²) in [4.78, 5) is 0.0627. The highest BCUT2D eigenvalue weighted by atomic mass is 32.2. The van der Waals surface area contributed by atoms with Crippen LogP contribution in [0.5, 0.6) is 17.4 Å². The minimum atomic E-state index is -3.72. The van der Waals surface area contributed by atoms with Crippen molar-refractivity contribution in [3.05, 3.63) is 48.7 Å². The average Bonchev–Trinajstić information content (AvgIpc) is 3.26. The Bertz CT molecular complexity index is 1000. The van der Waals surface area contributed by atoms with Crippen LogP contribution in [0, 0.1) is 0 Å². The number of nitrogens with zero attached hydrogens (tertiary/aromatic N) is 2. The van der Waals surface area contributed by atoms with E-state index in [0.29, 0.717) is 23.0 Å². The maximum atomic E-state index is 12.4. The van der Waals surface area contributed by atoms with Gasteiger partial charge in [0.15, 0.2) is 17.3 Å². The molecular formula is C18H19N3O6S. The molecule has 0 saturated heterocycles. The Balaban J connectivity index is 1.54. The fraction of sp³-hybridized carbons (Fsp3) is 0.222. The summed E-state index contributed by atoms with van der Waals surface area (Å²) in [5.41, 5.74) is 0.575. The van der Waals surface area contributed by atoms with Crippen LogP contribution in [0.15, 0.2) is 58.0 Å². The third kappa shape index (κ3) is 4.59. The molecule has 0 radical (unpaired) electrons. The summed E-state index contributed by atoms with van der Waals surface area (Å²) in [6.07, 6.45) is 1.55. The lowest BCUT2D eigenvalue weighted by molar-refractivity contribution is 0.307. The number of benzene rings is 1. The first-order chi connectivity index (χ1) is 13.5. The van der Waals surface area contributed by atoms with Gasteiger partial charge in [-0.2, -0.15) is 0 Å². The summed E-state index contributed by atoms with van der Waals surface area (Å²) in [5.74, 6) is 1.65. The van der Waals surface area contributed by atoms with Gasteiger partial charge in [0.05, 0.1) is 25.4 Å². The number of hydrogen-bond acceptors (Lipinski definition) is 8. The molecule has 0 atom stereocenters. The third-order valence-corrected chi connectivity index (χ3v) is 5.18. The van der Waals surface area contributed by atoms with Gasteiger partial charge in [0.2, 0.25) is 15.9 Å². The minimum Gasteiger partial charge on any atom is -0.493 e. The van der Waals surface area contributed by atoms with Gasteiger partial charge in [-0.25, -0.2) is 13.1 Å². The highest BCUT2D eigenvalue weighted by Gasteiger charge is 2.16. The van der Waals surface area contributed by atoms with Gasteiger partial charge in [0.1, 0.15) is 12.3 Å². The SMILES string of the molecule is COc1ccc(S(=O)(=O)NCCOc2ccc(-c3ccco3)nn2)cc1OC. The molecule has 10 heteroatoms. The van der Waals surface area contributed by atoms with E-state index in [4.69, 9.17) is 18.6 Å². The van der Waals surface area contributed by atoms with Crippen LogP contribution in [0.3, 0.4) is 0 Å². The van der Waals surface area contributed by atoms with Crippen LogP contribution in [0.2, 0.25) is 0 Å². The monoisotopic (exact) mass is 405 g/mol. The Labute approximate surface area is 162 Å². The van der Waals surface area contributed by atoms with Crippen molar-refractivity contribution >= 4 is 10.0 Å². The van der Waals surface area contributed by atoms with Crippen LogP contribution in [0.1, 0.15) is 0 Å². The summed E-state index contributed by atoms with van der Waals surface area (Å²) in [5, 5.41) is 7.93. The second-order valence-electron chi connectivity index (χ2n) is 5.50. The molecule has 2 aromatic heterocycles. The molecule has 148 valence electrons. The lowest BCUT2D eigenvalue weighted by atomic mass is 10.3. The molecule has 1 aromatic carbocycles. The summed E-state index contributed by atoms with van der Waals surface area (Å²) < 4.78 is 48.1. The molecule has 0 unspecified atom stereocenters. The summed E-state index contributed by atoms with van der Waals surface area (Å²) in [6, 6.07) is 11.2. The zero-order chi connectivity index (χ0) is 20.0. The molecule has 0 bridgehead atoms. The van der Waals surface area contributed by atoms with Crippen molar-refractivity contribution in [1.29, 1.82) is 0 Å². The number of sulfonamides is 1. The van der Waals surface area contributed by atoms with Gasteiger partial charge in [-0.05, 0) is 30.3 Å². The molecule has 9 nitrogen and oxygen atoms in total. The van der Waals surface area contributed by atoms with Crippen LogP contribution >= 0.6 is 0 Å². The number of nitrogens with one attached hydrogen (secondary N) is 1. The standard InChI is InChI=1S/C18H19N3O6S/c1-24-16-7-5-13(12-17(16)25-2)28(22,23)19-9-11-27-18-8-6-14(20-21-18)15-4-3-10-26-15/h3-8,10,12,19H,9,11H2,1-2H3.